The van der Waals surface area contributed by atoms with Gasteiger partial charge in [0.15, 0.2) is 0 Å². The van der Waals surface area contributed by atoms with E-state index in [1.165, 1.54) is 50.6 Å². The molecule has 2 aliphatic carbocycles. The summed E-state index contributed by atoms with van der Waals surface area (Å²) in [6, 6.07) is 21.2. The highest BCUT2D eigenvalue weighted by atomic mass is 16.5. The van der Waals surface area contributed by atoms with E-state index in [0.29, 0.717) is 41.1 Å². The van der Waals surface area contributed by atoms with Crippen LogP contribution in [0.3, 0.4) is 0 Å². The zero-order chi connectivity index (χ0) is 37.2. The van der Waals surface area contributed by atoms with E-state index in [1.807, 2.05) is 43.3 Å². The van der Waals surface area contributed by atoms with Gasteiger partial charge in [-0.1, -0.05) is 38.3 Å². The van der Waals surface area contributed by atoms with Crippen molar-refractivity contribution < 1.29 is 19.1 Å². The first-order valence-corrected chi connectivity index (χ1v) is 19.6. The fourth-order valence-corrected chi connectivity index (χ4v) is 8.76. The number of carbonyl (C=O) groups excluding carboxylic acids is 2. The predicted molar refractivity (Wildman–Crippen MR) is 213 cm³/mol. The van der Waals surface area contributed by atoms with Crippen LogP contribution in [0.15, 0.2) is 72.9 Å². The molecule has 3 heterocycles. The van der Waals surface area contributed by atoms with Gasteiger partial charge in [0.1, 0.15) is 17.3 Å². The number of piperidine rings is 1. The Kier molecular flexibility index (Phi) is 10.3. The van der Waals surface area contributed by atoms with Gasteiger partial charge in [0, 0.05) is 66.5 Å². The number of amides is 3. The third-order valence-corrected chi connectivity index (χ3v) is 12.2. The first-order chi connectivity index (χ1) is 26.4. The molecule has 2 N–H and O–H groups in total. The van der Waals surface area contributed by atoms with E-state index in [-0.39, 0.29) is 25.0 Å². The number of nitrogens with one attached hydrogen (secondary N) is 2. The largest absolute Gasteiger partial charge is 0.497 e. The summed E-state index contributed by atoms with van der Waals surface area (Å²) in [6.45, 7) is 4.60. The molecule has 11 nitrogen and oxygen atoms in total. The molecule has 2 unspecified atom stereocenters. The second kappa shape index (κ2) is 15.6. The average Bonchev–Trinajstić information content (AvgIpc) is 3.17. The van der Waals surface area contributed by atoms with Crippen LogP contribution in [0.5, 0.6) is 11.5 Å². The Bertz CT molecular complexity index is 1940. The monoisotopic (exact) mass is 729 g/mol. The highest BCUT2D eigenvalue weighted by Gasteiger charge is 2.43. The van der Waals surface area contributed by atoms with Gasteiger partial charge in [0.25, 0.3) is 0 Å². The van der Waals surface area contributed by atoms with Crippen LogP contribution in [0.2, 0.25) is 0 Å². The molecule has 4 aromatic rings. The van der Waals surface area contributed by atoms with Gasteiger partial charge in [0.2, 0.25) is 11.9 Å². The van der Waals surface area contributed by atoms with Gasteiger partial charge >= 0.3 is 6.03 Å². The second-order valence-corrected chi connectivity index (χ2v) is 15.3. The number of fused-ring (bicyclic) bond motifs is 1. The zero-order valence-electron chi connectivity index (χ0n) is 31.6. The van der Waals surface area contributed by atoms with E-state index in [4.69, 9.17) is 14.5 Å². The summed E-state index contributed by atoms with van der Waals surface area (Å²) in [5, 5.41) is 6.27. The highest BCUT2D eigenvalue weighted by molar-refractivity contribution is 6.05. The van der Waals surface area contributed by atoms with Crippen molar-refractivity contribution in [1.29, 1.82) is 0 Å². The van der Waals surface area contributed by atoms with Crippen molar-refractivity contribution in [2.45, 2.75) is 71.4 Å². The lowest BCUT2D eigenvalue weighted by Gasteiger charge is -2.51. The maximum Gasteiger partial charge on any atom is 0.330 e. The molecule has 3 amide bonds. The number of carbonyl (C=O) groups is 2. The molecular formula is C43H51N7O4. The molecule has 4 aliphatic rings. The lowest BCUT2D eigenvalue weighted by molar-refractivity contribution is -0.115. The topological polar surface area (TPSA) is 112 Å². The molecule has 3 fully saturated rings. The summed E-state index contributed by atoms with van der Waals surface area (Å²) >= 11 is 0. The van der Waals surface area contributed by atoms with Crippen LogP contribution in [0.25, 0.3) is 0 Å². The van der Waals surface area contributed by atoms with Gasteiger partial charge in [-0.15, -0.1) is 0 Å². The number of urea groups is 1. The third-order valence-electron chi connectivity index (χ3n) is 12.2. The maximum atomic E-state index is 14.4. The van der Waals surface area contributed by atoms with Gasteiger partial charge in [-0.05, 0) is 91.3 Å². The Hall–Kier alpha value is -5.32. The normalized spacial score (nSPS) is 20.1. The Balaban J connectivity index is 0.988. The number of nitrogens with zero attached hydrogens (tertiary/aromatic N) is 5. The molecule has 0 spiro atoms. The fraction of sp³-hybridized carbons (Fsp3) is 0.442. The van der Waals surface area contributed by atoms with Crippen molar-refractivity contribution in [2.75, 3.05) is 52.6 Å². The standard InChI is InChI=1S/C43H51N7O4/c1-4-40(51)45-32-10-8-28(9-11-32)26-50-41-31(27-49(43(50)52)35-22-36(53-2)24-37(23-35)54-3)25-44-42(47-41)46-33-12-14-34(15-13-33)48-20-18-30(19-21-48)39-17-16-38(39)29-6-5-7-29/h8-15,22-25,29-30,38-39H,4-7,16-21,26-27H2,1-3H3,(H,45,51)(H,44,46,47). The number of aromatic nitrogens is 2. The van der Waals surface area contributed by atoms with Crippen LogP contribution < -0.4 is 34.8 Å². The molecule has 3 aromatic carbocycles. The molecule has 0 bridgehead atoms. The quantitative estimate of drug-likeness (QED) is 0.149. The van der Waals surface area contributed by atoms with Crippen molar-refractivity contribution in [2.24, 2.45) is 23.7 Å². The molecule has 2 aliphatic heterocycles. The van der Waals surface area contributed by atoms with E-state index < -0.39 is 0 Å². The smallest absolute Gasteiger partial charge is 0.330 e. The third kappa shape index (κ3) is 7.41. The number of anilines is 6. The van der Waals surface area contributed by atoms with E-state index in [0.717, 1.165) is 53.6 Å². The first kappa shape index (κ1) is 35.7. The lowest BCUT2D eigenvalue weighted by atomic mass is 9.56. The van der Waals surface area contributed by atoms with Crippen molar-refractivity contribution >= 4 is 46.5 Å². The number of hydrogen-bond donors (Lipinski definition) is 2. The Morgan fingerprint density at radius 1 is 0.815 bits per heavy atom. The number of benzene rings is 3. The Morgan fingerprint density at radius 2 is 1.46 bits per heavy atom. The van der Waals surface area contributed by atoms with Gasteiger partial charge in [-0.2, -0.15) is 4.98 Å². The summed E-state index contributed by atoms with van der Waals surface area (Å²) in [6.07, 6.45) is 12.1. The number of hydrogen-bond acceptors (Lipinski definition) is 8. The number of ether oxygens (including phenoxy) is 2. The molecule has 0 radical (unpaired) electrons. The summed E-state index contributed by atoms with van der Waals surface area (Å²) < 4.78 is 11.0. The molecule has 8 rings (SSSR count). The molecule has 1 saturated heterocycles. The first-order valence-electron chi connectivity index (χ1n) is 19.6. The number of methoxy groups -OCH3 is 2. The summed E-state index contributed by atoms with van der Waals surface area (Å²) in [7, 11) is 3.17. The van der Waals surface area contributed by atoms with Crippen LogP contribution in [-0.4, -0.2) is 49.2 Å². The van der Waals surface area contributed by atoms with Gasteiger partial charge in [-0.25, -0.2) is 9.78 Å². The fourth-order valence-electron chi connectivity index (χ4n) is 8.76. The molecule has 54 heavy (non-hydrogen) atoms. The SMILES string of the molecule is CCC(=O)Nc1ccc(CN2C(=O)N(c3cc(OC)cc(OC)c3)Cc3cnc(Nc4ccc(N5CCC(C6CCC6C6CCC6)CC5)cc4)nc32)cc1. The minimum absolute atomic E-state index is 0.0561. The van der Waals surface area contributed by atoms with Crippen molar-refractivity contribution in [3.63, 3.8) is 0 Å². The van der Waals surface area contributed by atoms with Crippen LogP contribution in [-0.2, 0) is 17.9 Å². The van der Waals surface area contributed by atoms with Crippen molar-refractivity contribution in [3.8, 4) is 11.5 Å². The summed E-state index contributed by atoms with van der Waals surface area (Å²) in [5.41, 5.74) is 5.16. The van der Waals surface area contributed by atoms with E-state index in [9.17, 15) is 9.59 Å². The minimum atomic E-state index is -0.241. The predicted octanol–water partition coefficient (Wildman–Crippen LogP) is 8.78. The molecule has 11 heteroatoms. The van der Waals surface area contributed by atoms with Crippen molar-refractivity contribution in [1.82, 2.24) is 9.97 Å². The van der Waals surface area contributed by atoms with Crippen LogP contribution >= 0.6 is 0 Å². The van der Waals surface area contributed by atoms with Crippen LogP contribution in [0.1, 0.15) is 69.4 Å². The van der Waals surface area contributed by atoms with E-state index in [2.05, 4.69) is 44.8 Å². The Labute approximate surface area is 318 Å². The maximum absolute atomic E-state index is 14.4. The van der Waals surface area contributed by atoms with E-state index in [1.54, 1.807) is 36.3 Å². The summed E-state index contributed by atoms with van der Waals surface area (Å²) in [4.78, 5) is 41.8. The van der Waals surface area contributed by atoms with Crippen LogP contribution in [0.4, 0.5) is 39.3 Å². The molecule has 282 valence electrons. The molecule has 2 atom stereocenters. The van der Waals surface area contributed by atoms with Gasteiger partial charge in [0.05, 0.1) is 33.0 Å². The number of rotatable bonds is 12. The van der Waals surface area contributed by atoms with Gasteiger partial charge in [-0.3, -0.25) is 14.6 Å². The highest BCUT2D eigenvalue weighted by Crippen LogP contribution is 2.52. The lowest BCUT2D eigenvalue weighted by Crippen LogP contribution is -2.47. The molecule has 2 saturated carbocycles. The van der Waals surface area contributed by atoms with Gasteiger partial charge < -0.3 is 25.0 Å². The zero-order valence-corrected chi connectivity index (χ0v) is 31.6. The van der Waals surface area contributed by atoms with Crippen LogP contribution in [0, 0.1) is 23.7 Å². The second-order valence-electron chi connectivity index (χ2n) is 15.3. The van der Waals surface area contributed by atoms with Crippen molar-refractivity contribution in [3.05, 3.63) is 84.1 Å². The Morgan fingerprint density at radius 3 is 2.06 bits per heavy atom. The molecule has 1 aromatic heterocycles. The average molecular weight is 730 g/mol. The molecular weight excluding hydrogens is 679 g/mol. The van der Waals surface area contributed by atoms with E-state index >= 15 is 0 Å². The minimum Gasteiger partial charge on any atom is -0.497 e. The summed E-state index contributed by atoms with van der Waals surface area (Å²) in [5.74, 6) is 5.97.